The van der Waals surface area contributed by atoms with Crippen LogP contribution in [0.25, 0.3) is 0 Å². The number of benzene rings is 2. The Kier molecular flexibility index (Phi) is 6.30. The highest BCUT2D eigenvalue weighted by Gasteiger charge is 2.20. The Labute approximate surface area is 153 Å². The van der Waals surface area contributed by atoms with Crippen molar-refractivity contribution in [3.8, 4) is 11.5 Å². The van der Waals surface area contributed by atoms with Crippen molar-refractivity contribution < 1.29 is 19.0 Å². The molecule has 140 valence electrons. The van der Waals surface area contributed by atoms with Crippen LogP contribution >= 0.6 is 0 Å². The maximum Gasteiger partial charge on any atom is 0.161 e. The van der Waals surface area contributed by atoms with E-state index in [0.717, 1.165) is 31.9 Å². The van der Waals surface area contributed by atoms with Gasteiger partial charge in [-0.2, -0.15) is 0 Å². The maximum atomic E-state index is 13.0. The number of halogens is 1. The lowest BCUT2D eigenvalue weighted by molar-refractivity contribution is 0.0653. The molecular weight excluding hydrogens is 335 g/mol. The van der Waals surface area contributed by atoms with E-state index in [1.165, 1.54) is 12.1 Å². The highest BCUT2D eigenvalue weighted by atomic mass is 19.1. The molecule has 0 bridgehead atoms. The number of nitrogens with zero attached hydrogens (tertiary/aromatic N) is 2. The Morgan fingerprint density at radius 1 is 1.00 bits per heavy atom. The van der Waals surface area contributed by atoms with Crippen LogP contribution in [0.5, 0.6) is 11.5 Å². The van der Waals surface area contributed by atoms with Crippen molar-refractivity contribution in [2.45, 2.75) is 6.10 Å². The smallest absolute Gasteiger partial charge is 0.161 e. The second-order valence-electron chi connectivity index (χ2n) is 6.38. The average molecular weight is 360 g/mol. The predicted octanol–water partition coefficient (Wildman–Crippen LogP) is 2.40. The Morgan fingerprint density at radius 2 is 1.65 bits per heavy atom. The van der Waals surface area contributed by atoms with Crippen LogP contribution in [0.1, 0.15) is 0 Å². The lowest BCUT2D eigenvalue weighted by atomic mass is 10.2. The third-order valence-electron chi connectivity index (χ3n) is 4.53. The van der Waals surface area contributed by atoms with Crippen LogP contribution in [-0.2, 0) is 0 Å². The number of rotatable bonds is 7. The molecule has 2 aromatic carbocycles. The molecule has 0 amide bonds. The Balaban J connectivity index is 1.43. The van der Waals surface area contributed by atoms with E-state index in [2.05, 4.69) is 9.80 Å². The van der Waals surface area contributed by atoms with E-state index in [0.29, 0.717) is 18.0 Å². The van der Waals surface area contributed by atoms with Gasteiger partial charge in [-0.25, -0.2) is 4.39 Å². The van der Waals surface area contributed by atoms with Crippen molar-refractivity contribution in [1.29, 1.82) is 0 Å². The summed E-state index contributed by atoms with van der Waals surface area (Å²) in [5, 5.41) is 10.3. The Hall–Kier alpha value is -2.31. The molecule has 1 heterocycles. The predicted molar refractivity (Wildman–Crippen MR) is 99.5 cm³/mol. The monoisotopic (exact) mass is 360 g/mol. The van der Waals surface area contributed by atoms with Gasteiger partial charge in [-0.05, 0) is 36.4 Å². The van der Waals surface area contributed by atoms with Crippen molar-refractivity contribution in [1.82, 2.24) is 4.90 Å². The first-order valence-corrected chi connectivity index (χ1v) is 8.82. The largest absolute Gasteiger partial charge is 0.493 e. The van der Waals surface area contributed by atoms with Gasteiger partial charge < -0.3 is 19.5 Å². The molecule has 2 aromatic rings. The minimum Gasteiger partial charge on any atom is -0.493 e. The Bertz CT molecular complexity index is 688. The van der Waals surface area contributed by atoms with Gasteiger partial charge in [0.15, 0.2) is 11.5 Å². The van der Waals surface area contributed by atoms with Crippen molar-refractivity contribution in [3.63, 3.8) is 0 Å². The van der Waals surface area contributed by atoms with E-state index in [4.69, 9.17) is 9.47 Å². The van der Waals surface area contributed by atoms with Gasteiger partial charge in [0.25, 0.3) is 0 Å². The molecular formula is C20H25FN2O3. The lowest BCUT2D eigenvalue weighted by Crippen LogP contribution is -2.49. The molecule has 0 aliphatic carbocycles. The molecule has 1 aliphatic rings. The number of hydrogen-bond donors (Lipinski definition) is 1. The number of β-amino-alcohol motifs (C(OH)–C–C–N with tert-alkyl or cyclic N) is 1. The van der Waals surface area contributed by atoms with Gasteiger partial charge in [-0.3, -0.25) is 4.90 Å². The molecule has 6 heteroatoms. The second-order valence-corrected chi connectivity index (χ2v) is 6.38. The molecule has 1 N–H and O–H groups in total. The topological polar surface area (TPSA) is 45.2 Å². The average Bonchev–Trinajstić information content (AvgIpc) is 2.68. The zero-order valence-corrected chi connectivity index (χ0v) is 15.0. The molecule has 1 fully saturated rings. The fourth-order valence-corrected chi connectivity index (χ4v) is 3.12. The van der Waals surface area contributed by atoms with Crippen molar-refractivity contribution >= 4 is 5.69 Å². The van der Waals surface area contributed by atoms with Gasteiger partial charge in [-0.15, -0.1) is 0 Å². The number of piperazine rings is 1. The van der Waals surface area contributed by atoms with Crippen LogP contribution in [-0.4, -0.2) is 62.6 Å². The molecule has 0 unspecified atom stereocenters. The van der Waals surface area contributed by atoms with Gasteiger partial charge in [0.05, 0.1) is 7.11 Å². The minimum atomic E-state index is -0.572. The SMILES string of the molecule is COc1ccccc1OC[C@@H](O)CN1CCN(c2ccc(F)cc2)CC1. The second kappa shape index (κ2) is 8.87. The van der Waals surface area contributed by atoms with Gasteiger partial charge >= 0.3 is 0 Å². The van der Waals surface area contributed by atoms with Crippen LogP contribution in [0.3, 0.4) is 0 Å². The van der Waals surface area contributed by atoms with Crippen LogP contribution in [0.4, 0.5) is 10.1 Å². The summed E-state index contributed by atoms with van der Waals surface area (Å²) in [5.74, 6) is 1.08. The highest BCUT2D eigenvalue weighted by molar-refractivity contribution is 5.46. The molecule has 0 spiro atoms. The fraction of sp³-hybridized carbons (Fsp3) is 0.400. The van der Waals surface area contributed by atoms with E-state index in [1.807, 2.05) is 24.3 Å². The van der Waals surface area contributed by atoms with Crippen LogP contribution in [0, 0.1) is 5.82 Å². The molecule has 1 aliphatic heterocycles. The number of methoxy groups -OCH3 is 1. The van der Waals surface area contributed by atoms with E-state index in [-0.39, 0.29) is 12.4 Å². The van der Waals surface area contributed by atoms with Crippen LogP contribution < -0.4 is 14.4 Å². The molecule has 0 saturated carbocycles. The normalized spacial score (nSPS) is 16.3. The van der Waals surface area contributed by atoms with E-state index in [9.17, 15) is 9.50 Å². The van der Waals surface area contributed by atoms with Crippen molar-refractivity contribution in [2.24, 2.45) is 0 Å². The lowest BCUT2D eigenvalue weighted by Gasteiger charge is -2.36. The number of anilines is 1. The minimum absolute atomic E-state index is 0.217. The van der Waals surface area contributed by atoms with Gasteiger partial charge in [0.2, 0.25) is 0 Å². The quantitative estimate of drug-likeness (QED) is 0.822. The third-order valence-corrected chi connectivity index (χ3v) is 4.53. The number of aliphatic hydroxyl groups excluding tert-OH is 1. The standard InChI is InChI=1S/C20H25FN2O3/c1-25-19-4-2-3-5-20(19)26-15-18(24)14-22-10-12-23(13-11-22)17-8-6-16(21)7-9-17/h2-9,18,24H,10-15H2,1H3/t18-/m0/s1. The van der Waals surface area contributed by atoms with Crippen LogP contribution in [0.15, 0.2) is 48.5 Å². The Morgan fingerprint density at radius 3 is 2.31 bits per heavy atom. The number of para-hydroxylation sites is 2. The van der Waals surface area contributed by atoms with Crippen molar-refractivity contribution in [3.05, 3.63) is 54.3 Å². The molecule has 0 aromatic heterocycles. The van der Waals surface area contributed by atoms with E-state index in [1.54, 1.807) is 19.2 Å². The first-order valence-electron chi connectivity index (χ1n) is 8.82. The molecule has 3 rings (SSSR count). The summed E-state index contributed by atoms with van der Waals surface area (Å²) in [6, 6.07) is 14.0. The van der Waals surface area contributed by atoms with Gasteiger partial charge in [0, 0.05) is 38.4 Å². The van der Waals surface area contributed by atoms with Gasteiger partial charge in [0.1, 0.15) is 18.5 Å². The molecule has 5 nitrogen and oxygen atoms in total. The van der Waals surface area contributed by atoms with E-state index < -0.39 is 6.10 Å². The number of hydrogen-bond acceptors (Lipinski definition) is 5. The maximum absolute atomic E-state index is 13.0. The van der Waals surface area contributed by atoms with Crippen LogP contribution in [0.2, 0.25) is 0 Å². The summed E-state index contributed by atoms with van der Waals surface area (Å²) in [4.78, 5) is 4.45. The summed E-state index contributed by atoms with van der Waals surface area (Å²) in [5.41, 5.74) is 1.03. The molecule has 1 saturated heterocycles. The summed E-state index contributed by atoms with van der Waals surface area (Å²) in [6.45, 7) is 4.19. The fourth-order valence-electron chi connectivity index (χ4n) is 3.12. The molecule has 0 radical (unpaired) electrons. The zero-order valence-electron chi connectivity index (χ0n) is 15.0. The summed E-state index contributed by atoms with van der Waals surface area (Å²) < 4.78 is 24.0. The molecule has 1 atom stereocenters. The molecule has 26 heavy (non-hydrogen) atoms. The third kappa shape index (κ3) is 4.86. The summed E-state index contributed by atoms with van der Waals surface area (Å²) >= 11 is 0. The summed E-state index contributed by atoms with van der Waals surface area (Å²) in [6.07, 6.45) is -0.572. The zero-order chi connectivity index (χ0) is 18.4. The van der Waals surface area contributed by atoms with Crippen molar-refractivity contribution in [2.75, 3.05) is 51.3 Å². The number of aliphatic hydroxyl groups is 1. The highest BCUT2D eigenvalue weighted by Crippen LogP contribution is 2.25. The first kappa shape index (κ1) is 18.5. The summed E-state index contributed by atoms with van der Waals surface area (Å²) in [7, 11) is 1.60. The number of ether oxygens (including phenoxy) is 2. The van der Waals surface area contributed by atoms with E-state index >= 15 is 0 Å². The van der Waals surface area contributed by atoms with Gasteiger partial charge in [-0.1, -0.05) is 12.1 Å². The first-order chi connectivity index (χ1) is 12.7.